The number of nitrogens with one attached hydrogen (secondary N) is 1. The fourth-order valence-corrected chi connectivity index (χ4v) is 6.77. The molecule has 61 heavy (non-hydrogen) atoms. The summed E-state index contributed by atoms with van der Waals surface area (Å²) in [4.78, 5) is 34.9. The van der Waals surface area contributed by atoms with Crippen LogP contribution in [-0.4, -0.2) is 61.0 Å². The standard InChI is InChI=1S/C18H27NO2.C9H17NO2.C7H14.C7H12.C6H10Br2.C5H10O/c1-4-21-18(20)17-13-19(12-16(17)10-14(2)3)11-15-8-6-5-7-9-15;1-6(2)3-7-4-10-5-8(7)9(11)12;2*1-4-5-6-7(2)3;1-5(2)3-4-6(7)8;1-5(2)3-4-6/h5-9,14,16-17H,4,10-13H2,1-3H3;6-8,10H,3-5H2,1-2H3,(H,11,12);4-5,7H,6H2,1-3H3;7H,6H2,1-3H3;4-5H,3H2,1-2H3;4-5H,3H2,1-2H3/b;;5-4-;;;/t16-,17?;7-,8?;;;;/m11..../s1. The van der Waals surface area contributed by atoms with Gasteiger partial charge in [-0.05, 0) is 138 Å². The number of benzene rings is 1. The van der Waals surface area contributed by atoms with E-state index in [1.807, 2.05) is 33.8 Å². The molecule has 3 rings (SSSR count). The van der Waals surface area contributed by atoms with Crippen LogP contribution in [0, 0.1) is 71.0 Å². The van der Waals surface area contributed by atoms with Gasteiger partial charge in [-0.3, -0.25) is 14.5 Å². The number of aliphatic carboxylic acids is 1. The first-order valence-corrected chi connectivity index (χ1v) is 24.6. The Kier molecular flexibility index (Phi) is 41.9. The van der Waals surface area contributed by atoms with Gasteiger partial charge in [0.15, 0.2) is 0 Å². The number of hydrogen-bond donors (Lipinski definition) is 2. The second kappa shape index (κ2) is 40.5. The molecule has 0 radical (unpaired) electrons. The number of ether oxygens (including phenoxy) is 1. The van der Waals surface area contributed by atoms with E-state index in [1.165, 1.54) is 12.0 Å². The Morgan fingerprint density at radius 1 is 0.803 bits per heavy atom. The summed E-state index contributed by atoms with van der Waals surface area (Å²) in [6, 6.07) is 10.5. The molecule has 2 unspecified atom stereocenters. The van der Waals surface area contributed by atoms with E-state index in [0.29, 0.717) is 49.2 Å². The fourth-order valence-electron chi connectivity index (χ4n) is 6.40. The molecule has 7 nitrogen and oxygen atoms in total. The Morgan fingerprint density at radius 2 is 1.36 bits per heavy atom. The van der Waals surface area contributed by atoms with E-state index in [0.717, 1.165) is 79.3 Å². The largest absolute Gasteiger partial charge is 0.481 e. The number of rotatable bonds is 16. The summed E-state index contributed by atoms with van der Waals surface area (Å²) in [7, 11) is 0. The predicted octanol–water partition coefficient (Wildman–Crippen LogP) is 13.9. The van der Waals surface area contributed by atoms with E-state index in [4.69, 9.17) is 9.84 Å². The number of likely N-dealkylation sites (tertiary alicyclic amines) is 1. The monoisotopic (exact) mass is 981 g/mol. The molecule has 1 aromatic rings. The van der Waals surface area contributed by atoms with Crippen molar-refractivity contribution in [1.82, 2.24) is 10.2 Å². The average Bonchev–Trinajstić information content (AvgIpc) is 3.80. The highest BCUT2D eigenvalue weighted by Crippen LogP contribution is 2.31. The van der Waals surface area contributed by atoms with E-state index < -0.39 is 5.97 Å². The van der Waals surface area contributed by atoms with Crippen molar-refractivity contribution in [2.24, 2.45) is 59.2 Å². The number of carbonyl (C=O) groups excluding carboxylic acids is 2. The summed E-state index contributed by atoms with van der Waals surface area (Å²) in [6.45, 7) is 36.5. The summed E-state index contributed by atoms with van der Waals surface area (Å²) in [5.74, 6) is 9.86. The van der Waals surface area contributed by atoms with Gasteiger partial charge in [0.05, 0.1) is 21.8 Å². The van der Waals surface area contributed by atoms with E-state index in [-0.39, 0.29) is 17.8 Å². The van der Waals surface area contributed by atoms with Gasteiger partial charge >= 0.3 is 11.9 Å². The third-order valence-corrected chi connectivity index (χ3v) is 10.0. The smallest absolute Gasteiger partial charge is 0.310 e. The fraction of sp³-hybridized carbons (Fsp3) is 0.712. The normalized spacial score (nSPS) is 18.0. The lowest BCUT2D eigenvalue weighted by molar-refractivity contribution is -0.149. The number of esters is 1. The molecule has 2 saturated heterocycles. The van der Waals surface area contributed by atoms with Gasteiger partial charge in [-0.1, -0.05) is 132 Å². The van der Waals surface area contributed by atoms with Crippen molar-refractivity contribution in [3.05, 3.63) is 57.5 Å². The Bertz CT molecular complexity index is 1340. The summed E-state index contributed by atoms with van der Waals surface area (Å²) >= 11 is 6.56. The van der Waals surface area contributed by atoms with Crippen LogP contribution in [0.4, 0.5) is 0 Å². The number of carboxylic acids is 1. The molecule has 1 aromatic carbocycles. The topological polar surface area (TPSA) is 95.9 Å². The maximum absolute atomic E-state index is 12.2. The minimum absolute atomic E-state index is 0.0151. The maximum Gasteiger partial charge on any atom is 0.310 e. The molecule has 0 bridgehead atoms. The third kappa shape index (κ3) is 40.3. The van der Waals surface area contributed by atoms with Crippen LogP contribution < -0.4 is 5.32 Å². The molecule has 0 saturated carbocycles. The van der Waals surface area contributed by atoms with Crippen molar-refractivity contribution in [2.45, 2.75) is 149 Å². The molecule has 0 aromatic heterocycles. The van der Waals surface area contributed by atoms with Crippen molar-refractivity contribution in [3.8, 4) is 11.8 Å². The van der Waals surface area contributed by atoms with Crippen molar-refractivity contribution in [1.29, 1.82) is 0 Å². The SMILES string of the molecule is C/C=C\CC(C)C.CC#CCC(C)C.CC(C)CC=C(Br)Br.CC(C)CC=O.CC(C)C[C@@H]1CNCC1C(=O)O.CCOC(=O)C1CN(Cc2ccccc2)C[C@H]1CC(C)C. The average molecular weight is 983 g/mol. The van der Waals surface area contributed by atoms with Gasteiger partial charge in [0.25, 0.3) is 0 Å². The second-order valence-electron chi connectivity index (χ2n) is 18.6. The number of carboxylic acid groups (broad SMARTS) is 1. The van der Waals surface area contributed by atoms with Crippen LogP contribution in [0.25, 0.3) is 0 Å². The van der Waals surface area contributed by atoms with Gasteiger partial charge < -0.3 is 20.0 Å². The number of allylic oxidation sites excluding steroid dienone is 3. The molecular formula is C52H90Br2N2O5. The summed E-state index contributed by atoms with van der Waals surface area (Å²) < 4.78 is 6.32. The van der Waals surface area contributed by atoms with Crippen molar-refractivity contribution < 1.29 is 24.2 Å². The zero-order valence-electron chi connectivity index (χ0n) is 41.2. The summed E-state index contributed by atoms with van der Waals surface area (Å²) in [5, 5.41) is 12.0. The van der Waals surface area contributed by atoms with Gasteiger partial charge in [-0.2, -0.15) is 0 Å². The lowest BCUT2D eigenvalue weighted by Crippen LogP contribution is -2.26. The van der Waals surface area contributed by atoms with Crippen LogP contribution in [0.5, 0.6) is 0 Å². The number of halogens is 2. The molecule has 0 aliphatic carbocycles. The molecule has 2 aliphatic heterocycles. The van der Waals surface area contributed by atoms with Crippen LogP contribution >= 0.6 is 31.9 Å². The zero-order valence-corrected chi connectivity index (χ0v) is 44.4. The van der Waals surface area contributed by atoms with Crippen LogP contribution in [-0.2, 0) is 25.7 Å². The molecule has 0 spiro atoms. The highest BCUT2D eigenvalue weighted by atomic mass is 79.9. The van der Waals surface area contributed by atoms with E-state index in [1.54, 1.807) is 0 Å². The second-order valence-corrected chi connectivity index (χ2v) is 21.3. The summed E-state index contributed by atoms with van der Waals surface area (Å²) in [6.07, 6.45) is 13.6. The van der Waals surface area contributed by atoms with Gasteiger partial charge in [-0.15, -0.1) is 11.8 Å². The van der Waals surface area contributed by atoms with Crippen LogP contribution in [0.15, 0.2) is 52.0 Å². The van der Waals surface area contributed by atoms with Crippen molar-refractivity contribution in [2.75, 3.05) is 32.8 Å². The van der Waals surface area contributed by atoms with Crippen LogP contribution in [0.1, 0.15) is 148 Å². The Labute approximate surface area is 392 Å². The van der Waals surface area contributed by atoms with Crippen LogP contribution in [0.2, 0.25) is 0 Å². The number of nitrogens with zero attached hydrogens (tertiary/aromatic N) is 1. The van der Waals surface area contributed by atoms with Crippen molar-refractivity contribution >= 4 is 50.1 Å². The molecule has 9 heteroatoms. The first kappa shape index (κ1) is 63.0. The minimum atomic E-state index is -0.648. The molecule has 0 amide bonds. The first-order chi connectivity index (χ1) is 28.6. The highest BCUT2D eigenvalue weighted by molar-refractivity contribution is 9.28. The Hall–Kier alpha value is -2.25. The van der Waals surface area contributed by atoms with Gasteiger partial charge in [0, 0.05) is 39.0 Å². The molecule has 2 fully saturated rings. The lowest BCUT2D eigenvalue weighted by atomic mass is 9.88. The predicted molar refractivity (Wildman–Crippen MR) is 270 cm³/mol. The molecule has 2 heterocycles. The summed E-state index contributed by atoms with van der Waals surface area (Å²) in [5.41, 5.74) is 1.31. The number of hydrogen-bond acceptors (Lipinski definition) is 6. The molecule has 352 valence electrons. The lowest BCUT2D eigenvalue weighted by Gasteiger charge is -2.18. The molecular weight excluding hydrogens is 892 g/mol. The quantitative estimate of drug-likeness (QED) is 0.0737. The van der Waals surface area contributed by atoms with Crippen LogP contribution in [0.3, 0.4) is 0 Å². The zero-order chi connectivity index (χ0) is 47.3. The first-order valence-electron chi connectivity index (χ1n) is 23.0. The Morgan fingerprint density at radius 3 is 1.72 bits per heavy atom. The van der Waals surface area contributed by atoms with E-state index in [2.05, 4.69) is 173 Å². The number of carbonyl (C=O) groups is 3. The molecule has 4 atom stereocenters. The van der Waals surface area contributed by atoms with Crippen molar-refractivity contribution in [3.63, 3.8) is 0 Å². The highest BCUT2D eigenvalue weighted by Gasteiger charge is 2.38. The molecule has 2 aliphatic rings. The van der Waals surface area contributed by atoms with Gasteiger partial charge in [0.1, 0.15) is 6.29 Å². The minimum Gasteiger partial charge on any atom is -0.481 e. The van der Waals surface area contributed by atoms with E-state index in [9.17, 15) is 14.4 Å². The molecule has 2 N–H and O–H groups in total. The number of aldehydes is 1. The third-order valence-electron chi connectivity index (χ3n) is 9.40. The van der Waals surface area contributed by atoms with Gasteiger partial charge in [-0.25, -0.2) is 0 Å². The Balaban J connectivity index is -0.000000719. The van der Waals surface area contributed by atoms with E-state index >= 15 is 0 Å². The maximum atomic E-state index is 12.2. The van der Waals surface area contributed by atoms with Gasteiger partial charge in [0.2, 0.25) is 0 Å².